The fraction of sp³-hybridized carbons (Fsp3) is 0.538. The van der Waals surface area contributed by atoms with Crippen molar-refractivity contribution in [2.75, 3.05) is 7.05 Å². The first kappa shape index (κ1) is 10.9. The normalized spacial score (nSPS) is 18.6. The maximum Gasteiger partial charge on any atom is 0.0317 e. The van der Waals surface area contributed by atoms with Gasteiger partial charge in [-0.3, -0.25) is 0 Å². The highest BCUT2D eigenvalue weighted by molar-refractivity contribution is 7.07. The Hall–Kier alpha value is -0.600. The minimum absolute atomic E-state index is 0.555. The van der Waals surface area contributed by atoms with E-state index in [1.807, 2.05) is 0 Å². The number of thiophene rings is 1. The van der Waals surface area contributed by atoms with Crippen molar-refractivity contribution < 1.29 is 0 Å². The third-order valence-corrected chi connectivity index (χ3v) is 3.87. The van der Waals surface area contributed by atoms with E-state index in [1.54, 1.807) is 16.9 Å². The van der Waals surface area contributed by atoms with Crippen molar-refractivity contribution >= 4 is 11.3 Å². The first-order chi connectivity index (χ1) is 7.40. The Kier molecular flexibility index (Phi) is 3.98. The zero-order valence-corrected chi connectivity index (χ0v) is 10.1. The molecule has 1 aliphatic carbocycles. The minimum atomic E-state index is 0.555. The molecule has 2 heteroatoms. The molecule has 2 rings (SSSR count). The number of nitrogens with one attached hydrogen (secondary N) is 1. The van der Waals surface area contributed by atoms with Gasteiger partial charge in [0.05, 0.1) is 0 Å². The van der Waals surface area contributed by atoms with Crippen molar-refractivity contribution in [3.8, 4) is 0 Å². The highest BCUT2D eigenvalue weighted by atomic mass is 32.1. The van der Waals surface area contributed by atoms with Crippen LogP contribution in [0.15, 0.2) is 28.5 Å². The van der Waals surface area contributed by atoms with Gasteiger partial charge >= 0.3 is 0 Å². The summed E-state index contributed by atoms with van der Waals surface area (Å²) in [5.74, 6) is 0. The molecule has 0 bridgehead atoms. The molecule has 82 valence electrons. The van der Waals surface area contributed by atoms with Crippen molar-refractivity contribution in [2.45, 2.75) is 38.1 Å². The van der Waals surface area contributed by atoms with Crippen molar-refractivity contribution in [1.29, 1.82) is 0 Å². The number of allylic oxidation sites excluding steroid dienone is 1. The molecule has 0 aromatic carbocycles. The molecule has 1 N–H and O–H groups in total. The van der Waals surface area contributed by atoms with E-state index in [0.29, 0.717) is 6.04 Å². The molecule has 1 aromatic heterocycles. The Morgan fingerprint density at radius 1 is 1.47 bits per heavy atom. The molecule has 0 amide bonds. The summed E-state index contributed by atoms with van der Waals surface area (Å²) in [6.45, 7) is 0. The van der Waals surface area contributed by atoms with E-state index in [1.165, 1.54) is 31.2 Å². The molecule has 1 nitrogen and oxygen atoms in total. The van der Waals surface area contributed by atoms with Crippen LogP contribution < -0.4 is 5.32 Å². The number of likely N-dealkylation sites (N-methyl/N-ethyl adjacent to an activating group) is 1. The highest BCUT2D eigenvalue weighted by Gasteiger charge is 2.14. The van der Waals surface area contributed by atoms with Gasteiger partial charge in [0.25, 0.3) is 0 Å². The quantitative estimate of drug-likeness (QED) is 0.769. The summed E-state index contributed by atoms with van der Waals surface area (Å²) in [4.78, 5) is 0. The third-order valence-electron chi connectivity index (χ3n) is 3.14. The lowest BCUT2D eigenvalue weighted by Gasteiger charge is -2.22. The van der Waals surface area contributed by atoms with Gasteiger partial charge in [-0.15, -0.1) is 0 Å². The number of hydrogen-bond acceptors (Lipinski definition) is 2. The highest BCUT2D eigenvalue weighted by Crippen LogP contribution is 2.22. The van der Waals surface area contributed by atoms with Gasteiger partial charge in [0.2, 0.25) is 0 Å². The maximum absolute atomic E-state index is 3.45. The predicted molar refractivity (Wildman–Crippen MR) is 67.4 cm³/mol. The summed E-state index contributed by atoms with van der Waals surface area (Å²) < 4.78 is 0. The van der Waals surface area contributed by atoms with Gasteiger partial charge in [0.1, 0.15) is 0 Å². The zero-order valence-electron chi connectivity index (χ0n) is 9.33. The third kappa shape index (κ3) is 2.93. The average Bonchev–Trinajstić information content (AvgIpc) is 2.80. The van der Waals surface area contributed by atoms with Gasteiger partial charge in [-0.1, -0.05) is 11.6 Å². The lowest BCUT2D eigenvalue weighted by molar-refractivity contribution is 0.570. The molecule has 0 saturated heterocycles. The van der Waals surface area contributed by atoms with E-state index >= 15 is 0 Å². The first-order valence-electron chi connectivity index (χ1n) is 5.77. The molecule has 1 heterocycles. The predicted octanol–water partition coefficient (Wildman–Crippen LogP) is 3.38. The smallest absolute Gasteiger partial charge is 0.0317 e. The Labute approximate surface area is 96.2 Å². The van der Waals surface area contributed by atoms with Crippen molar-refractivity contribution in [3.63, 3.8) is 0 Å². The second-order valence-electron chi connectivity index (χ2n) is 4.20. The van der Waals surface area contributed by atoms with Crippen LogP contribution in [0.2, 0.25) is 0 Å². The largest absolute Gasteiger partial charge is 0.313 e. The van der Waals surface area contributed by atoms with Gasteiger partial charge in [0, 0.05) is 6.04 Å². The van der Waals surface area contributed by atoms with Crippen molar-refractivity contribution in [3.05, 3.63) is 34.0 Å². The molecule has 0 radical (unpaired) electrons. The second-order valence-corrected chi connectivity index (χ2v) is 4.98. The van der Waals surface area contributed by atoms with Crippen LogP contribution in [0.4, 0.5) is 0 Å². The molecule has 1 atom stereocenters. The summed E-state index contributed by atoms with van der Waals surface area (Å²) in [5, 5.41) is 7.87. The average molecular weight is 221 g/mol. The van der Waals surface area contributed by atoms with E-state index in [2.05, 4.69) is 35.3 Å². The van der Waals surface area contributed by atoms with Crippen LogP contribution in [0.25, 0.3) is 0 Å². The second kappa shape index (κ2) is 5.47. The lowest BCUT2D eigenvalue weighted by atomic mass is 9.91. The summed E-state index contributed by atoms with van der Waals surface area (Å²) in [6, 6.07) is 2.79. The molecule has 1 aliphatic rings. The molecule has 1 unspecified atom stereocenters. The standard InChI is InChI=1S/C13H19NS/c1-14-13(9-11-7-8-15-10-11)12-5-3-2-4-6-12/h5,7-8,10,13-14H,2-4,6,9H2,1H3. The van der Waals surface area contributed by atoms with Crippen LogP contribution in [0, 0.1) is 0 Å². The summed E-state index contributed by atoms with van der Waals surface area (Å²) in [5.41, 5.74) is 3.08. The molecule has 1 aromatic rings. The SMILES string of the molecule is CNC(Cc1ccsc1)C1=CCCCC1. The van der Waals surface area contributed by atoms with E-state index in [-0.39, 0.29) is 0 Å². The van der Waals surface area contributed by atoms with Crippen LogP contribution in [-0.4, -0.2) is 13.1 Å². The molecular formula is C13H19NS. The maximum atomic E-state index is 3.45. The van der Waals surface area contributed by atoms with E-state index in [4.69, 9.17) is 0 Å². The Morgan fingerprint density at radius 2 is 2.40 bits per heavy atom. The minimum Gasteiger partial charge on any atom is -0.313 e. The van der Waals surface area contributed by atoms with Gasteiger partial charge < -0.3 is 5.32 Å². The van der Waals surface area contributed by atoms with Crippen LogP contribution in [0.3, 0.4) is 0 Å². The molecular weight excluding hydrogens is 202 g/mol. The molecule has 15 heavy (non-hydrogen) atoms. The van der Waals surface area contributed by atoms with Crippen LogP contribution in [0.5, 0.6) is 0 Å². The van der Waals surface area contributed by atoms with Crippen LogP contribution in [-0.2, 0) is 6.42 Å². The van der Waals surface area contributed by atoms with Gasteiger partial charge in [-0.2, -0.15) is 11.3 Å². The number of rotatable bonds is 4. The Morgan fingerprint density at radius 3 is 3.00 bits per heavy atom. The molecule has 0 fully saturated rings. The van der Waals surface area contributed by atoms with Crippen molar-refractivity contribution in [1.82, 2.24) is 5.32 Å². The summed E-state index contributed by atoms with van der Waals surface area (Å²) >= 11 is 1.79. The molecule has 0 aliphatic heterocycles. The number of hydrogen-bond donors (Lipinski definition) is 1. The topological polar surface area (TPSA) is 12.0 Å². The summed E-state index contributed by atoms with van der Waals surface area (Å²) in [7, 11) is 2.08. The monoisotopic (exact) mass is 221 g/mol. The Balaban J connectivity index is 2.00. The fourth-order valence-electron chi connectivity index (χ4n) is 2.24. The van der Waals surface area contributed by atoms with E-state index in [0.717, 1.165) is 6.42 Å². The first-order valence-corrected chi connectivity index (χ1v) is 6.71. The van der Waals surface area contributed by atoms with Crippen LogP contribution >= 0.6 is 11.3 Å². The van der Waals surface area contributed by atoms with Gasteiger partial charge in [-0.05, 0) is 61.5 Å². The molecule has 0 spiro atoms. The fourth-order valence-corrected chi connectivity index (χ4v) is 2.92. The zero-order chi connectivity index (χ0) is 10.5. The Bertz CT molecular complexity index is 313. The van der Waals surface area contributed by atoms with Gasteiger partial charge in [-0.25, -0.2) is 0 Å². The summed E-state index contributed by atoms with van der Waals surface area (Å²) in [6.07, 6.45) is 8.89. The van der Waals surface area contributed by atoms with Gasteiger partial charge in [0.15, 0.2) is 0 Å². The lowest BCUT2D eigenvalue weighted by Crippen LogP contribution is -2.30. The van der Waals surface area contributed by atoms with E-state index < -0.39 is 0 Å². The van der Waals surface area contributed by atoms with E-state index in [9.17, 15) is 0 Å². The van der Waals surface area contributed by atoms with Crippen molar-refractivity contribution in [2.24, 2.45) is 0 Å². The molecule has 0 saturated carbocycles. The van der Waals surface area contributed by atoms with Crippen LogP contribution in [0.1, 0.15) is 31.2 Å².